The van der Waals surface area contributed by atoms with E-state index in [0.717, 1.165) is 11.1 Å². The van der Waals surface area contributed by atoms with Crippen molar-refractivity contribution in [1.82, 2.24) is 5.43 Å². The second-order valence-corrected chi connectivity index (χ2v) is 6.35. The van der Waals surface area contributed by atoms with Crippen LogP contribution < -0.4 is 14.9 Å². The zero-order chi connectivity index (χ0) is 19.8. The van der Waals surface area contributed by atoms with Crippen molar-refractivity contribution in [3.05, 3.63) is 94.5 Å². The first-order chi connectivity index (χ1) is 13.6. The molecule has 0 aliphatic rings. The molecule has 0 fully saturated rings. The molecule has 0 saturated heterocycles. The molecule has 6 heteroatoms. The van der Waals surface area contributed by atoms with Crippen LogP contribution in [0.1, 0.15) is 21.5 Å². The van der Waals surface area contributed by atoms with Crippen molar-refractivity contribution in [3.8, 4) is 11.5 Å². The topological polar surface area (TPSA) is 59.9 Å². The van der Waals surface area contributed by atoms with Crippen molar-refractivity contribution in [2.45, 2.75) is 6.61 Å². The van der Waals surface area contributed by atoms with Crippen LogP contribution in [-0.4, -0.2) is 19.2 Å². The van der Waals surface area contributed by atoms with Crippen LogP contribution in [0.5, 0.6) is 11.5 Å². The molecule has 0 aromatic heterocycles. The molecule has 0 aliphatic heterocycles. The smallest absolute Gasteiger partial charge is 0.271 e. The highest BCUT2D eigenvalue weighted by atomic mass is 35.5. The van der Waals surface area contributed by atoms with E-state index in [1.807, 2.05) is 48.5 Å². The number of hydrogen-bond donors (Lipinski definition) is 1. The van der Waals surface area contributed by atoms with Crippen LogP contribution in [0.25, 0.3) is 0 Å². The molecule has 0 spiro atoms. The van der Waals surface area contributed by atoms with E-state index in [2.05, 4.69) is 10.5 Å². The molecule has 0 atom stereocenters. The minimum absolute atomic E-state index is 0.297. The first-order valence-corrected chi connectivity index (χ1v) is 8.96. The molecular weight excluding hydrogens is 376 g/mol. The van der Waals surface area contributed by atoms with Crippen LogP contribution in [0, 0.1) is 0 Å². The number of nitrogens with one attached hydrogen (secondary N) is 1. The second-order valence-electron chi connectivity index (χ2n) is 5.92. The largest absolute Gasteiger partial charge is 0.497 e. The number of rotatable bonds is 7. The Morgan fingerprint density at radius 2 is 1.79 bits per heavy atom. The third-order valence-electron chi connectivity index (χ3n) is 3.91. The number of ether oxygens (including phenoxy) is 2. The van der Waals surface area contributed by atoms with Crippen LogP contribution in [0.4, 0.5) is 0 Å². The van der Waals surface area contributed by atoms with Gasteiger partial charge in [0.15, 0.2) is 0 Å². The number of hydrazone groups is 1. The Morgan fingerprint density at radius 3 is 2.50 bits per heavy atom. The van der Waals surface area contributed by atoms with E-state index >= 15 is 0 Å². The van der Waals surface area contributed by atoms with E-state index in [4.69, 9.17) is 21.1 Å². The highest BCUT2D eigenvalue weighted by Crippen LogP contribution is 2.16. The van der Waals surface area contributed by atoms with Crippen molar-refractivity contribution >= 4 is 23.7 Å². The Bertz CT molecular complexity index is 954. The lowest BCUT2D eigenvalue weighted by Gasteiger charge is -2.07. The number of carbonyl (C=O) groups excluding carboxylic acids is 1. The standard InChI is InChI=1S/C22H19ClN2O3/c1-27-20-11-7-18(8-12-20)22(26)25-24-14-17-3-2-4-21(13-17)28-15-16-5-9-19(23)10-6-16/h2-14H,15H2,1H3,(H,25,26)/b24-14-. The lowest BCUT2D eigenvalue weighted by Crippen LogP contribution is -2.17. The molecule has 142 valence electrons. The third kappa shape index (κ3) is 5.59. The summed E-state index contributed by atoms with van der Waals surface area (Å²) in [6, 6.07) is 21.7. The predicted octanol–water partition coefficient (Wildman–Crippen LogP) is 4.69. The molecule has 28 heavy (non-hydrogen) atoms. The van der Waals surface area contributed by atoms with Gasteiger partial charge in [-0.2, -0.15) is 5.10 Å². The first-order valence-electron chi connectivity index (χ1n) is 8.59. The summed E-state index contributed by atoms with van der Waals surface area (Å²) < 4.78 is 10.9. The Balaban J connectivity index is 1.55. The average molecular weight is 395 g/mol. The van der Waals surface area contributed by atoms with Gasteiger partial charge in [0, 0.05) is 10.6 Å². The number of methoxy groups -OCH3 is 1. The van der Waals surface area contributed by atoms with Gasteiger partial charge in [-0.25, -0.2) is 5.43 Å². The van der Waals surface area contributed by atoms with Crippen LogP contribution in [-0.2, 0) is 6.61 Å². The molecule has 3 aromatic rings. The summed E-state index contributed by atoms with van der Waals surface area (Å²) in [4.78, 5) is 12.1. The van der Waals surface area contributed by atoms with E-state index in [9.17, 15) is 4.79 Å². The highest BCUT2D eigenvalue weighted by molar-refractivity contribution is 6.30. The average Bonchev–Trinajstić information content (AvgIpc) is 2.73. The number of nitrogens with zero attached hydrogens (tertiary/aromatic N) is 1. The minimum atomic E-state index is -0.297. The van der Waals surface area contributed by atoms with Gasteiger partial charge in [-0.3, -0.25) is 4.79 Å². The van der Waals surface area contributed by atoms with Gasteiger partial charge in [0.05, 0.1) is 13.3 Å². The van der Waals surface area contributed by atoms with Gasteiger partial charge in [-0.05, 0) is 59.7 Å². The van der Waals surface area contributed by atoms with Crippen LogP contribution in [0.2, 0.25) is 5.02 Å². The van der Waals surface area contributed by atoms with E-state index < -0.39 is 0 Å². The fourth-order valence-corrected chi connectivity index (χ4v) is 2.53. The van der Waals surface area contributed by atoms with Crippen molar-refractivity contribution in [3.63, 3.8) is 0 Å². The van der Waals surface area contributed by atoms with E-state index in [0.29, 0.717) is 28.7 Å². The Labute approximate surface area is 168 Å². The molecule has 3 aromatic carbocycles. The molecule has 0 unspecified atom stereocenters. The molecule has 1 amide bonds. The van der Waals surface area contributed by atoms with E-state index in [1.54, 1.807) is 37.6 Å². The van der Waals surface area contributed by atoms with Gasteiger partial charge >= 0.3 is 0 Å². The maximum atomic E-state index is 12.1. The minimum Gasteiger partial charge on any atom is -0.497 e. The Kier molecular flexibility index (Phi) is 6.65. The van der Waals surface area contributed by atoms with Crippen molar-refractivity contribution in [2.75, 3.05) is 7.11 Å². The van der Waals surface area contributed by atoms with Gasteiger partial charge in [-0.1, -0.05) is 35.9 Å². The number of hydrogen-bond acceptors (Lipinski definition) is 4. The SMILES string of the molecule is COc1ccc(C(=O)N/N=C\c2cccc(OCc3ccc(Cl)cc3)c2)cc1. The first kappa shape index (κ1) is 19.5. The molecule has 0 heterocycles. The van der Waals surface area contributed by atoms with Crippen molar-refractivity contribution in [2.24, 2.45) is 5.10 Å². The third-order valence-corrected chi connectivity index (χ3v) is 4.16. The lowest BCUT2D eigenvalue weighted by molar-refractivity contribution is 0.0955. The summed E-state index contributed by atoms with van der Waals surface area (Å²) >= 11 is 5.88. The van der Waals surface area contributed by atoms with Crippen LogP contribution in [0.3, 0.4) is 0 Å². The van der Waals surface area contributed by atoms with Gasteiger partial charge in [0.25, 0.3) is 5.91 Å². The molecule has 0 aliphatic carbocycles. The number of benzene rings is 3. The van der Waals surface area contributed by atoms with E-state index in [1.165, 1.54) is 0 Å². The van der Waals surface area contributed by atoms with Gasteiger partial charge in [0.2, 0.25) is 0 Å². The van der Waals surface area contributed by atoms with Crippen LogP contribution in [0.15, 0.2) is 77.9 Å². The molecule has 0 radical (unpaired) electrons. The molecular formula is C22H19ClN2O3. The fourth-order valence-electron chi connectivity index (χ4n) is 2.40. The van der Waals surface area contributed by atoms with Crippen LogP contribution >= 0.6 is 11.6 Å². The zero-order valence-electron chi connectivity index (χ0n) is 15.3. The number of amides is 1. The van der Waals surface area contributed by atoms with Gasteiger partial charge in [-0.15, -0.1) is 0 Å². The Hall–Kier alpha value is -3.31. The molecule has 0 bridgehead atoms. The molecule has 5 nitrogen and oxygen atoms in total. The summed E-state index contributed by atoms with van der Waals surface area (Å²) in [7, 11) is 1.58. The summed E-state index contributed by atoms with van der Waals surface area (Å²) in [5, 5.41) is 4.70. The quantitative estimate of drug-likeness (QED) is 0.467. The summed E-state index contributed by atoms with van der Waals surface area (Å²) in [6.45, 7) is 0.436. The molecule has 3 rings (SSSR count). The normalized spacial score (nSPS) is 10.6. The second kappa shape index (κ2) is 9.58. The summed E-state index contributed by atoms with van der Waals surface area (Å²) in [6.07, 6.45) is 1.57. The Morgan fingerprint density at radius 1 is 1.04 bits per heavy atom. The molecule has 1 N–H and O–H groups in total. The maximum absolute atomic E-state index is 12.1. The molecule has 0 saturated carbocycles. The summed E-state index contributed by atoms with van der Waals surface area (Å²) in [5.41, 5.74) is 4.83. The van der Waals surface area contributed by atoms with Gasteiger partial charge < -0.3 is 9.47 Å². The predicted molar refractivity (Wildman–Crippen MR) is 110 cm³/mol. The zero-order valence-corrected chi connectivity index (χ0v) is 16.0. The lowest BCUT2D eigenvalue weighted by atomic mass is 10.2. The fraction of sp³-hybridized carbons (Fsp3) is 0.0909. The highest BCUT2D eigenvalue weighted by Gasteiger charge is 2.04. The summed E-state index contributed by atoms with van der Waals surface area (Å²) in [5.74, 6) is 1.10. The van der Waals surface area contributed by atoms with Gasteiger partial charge in [0.1, 0.15) is 18.1 Å². The monoisotopic (exact) mass is 394 g/mol. The number of halogens is 1. The van der Waals surface area contributed by atoms with E-state index in [-0.39, 0.29) is 5.91 Å². The maximum Gasteiger partial charge on any atom is 0.271 e. The number of carbonyl (C=O) groups is 1. The van der Waals surface area contributed by atoms with Crippen molar-refractivity contribution in [1.29, 1.82) is 0 Å². The van der Waals surface area contributed by atoms with Crippen molar-refractivity contribution < 1.29 is 14.3 Å².